The van der Waals surface area contributed by atoms with Gasteiger partial charge in [0, 0.05) is 12.8 Å². The summed E-state index contributed by atoms with van der Waals surface area (Å²) in [5, 5.41) is 23.5. The molecule has 0 aromatic heterocycles. The van der Waals surface area contributed by atoms with E-state index in [4.69, 9.17) is 4.74 Å². The van der Waals surface area contributed by atoms with Crippen molar-refractivity contribution in [2.45, 2.75) is 456 Å². The lowest BCUT2D eigenvalue weighted by Crippen LogP contribution is -2.45. The molecular weight excluding hydrogens is 995 g/mol. The molecule has 0 aliphatic rings. The molecule has 0 heterocycles. The summed E-state index contributed by atoms with van der Waals surface area (Å²) in [7, 11) is 0. The van der Waals surface area contributed by atoms with E-state index in [1.807, 2.05) is 0 Å². The molecule has 0 aromatic carbocycles. The minimum absolute atomic E-state index is 0.0207. The van der Waals surface area contributed by atoms with Crippen molar-refractivity contribution in [3.05, 3.63) is 0 Å². The number of hydrogen-bond acceptors (Lipinski definition) is 5. The number of ether oxygens (including phenoxy) is 1. The van der Waals surface area contributed by atoms with Crippen molar-refractivity contribution in [1.29, 1.82) is 0 Å². The Kier molecular flexibility index (Phi) is 70.3. The van der Waals surface area contributed by atoms with Crippen LogP contribution in [0.15, 0.2) is 0 Å². The molecule has 0 radical (unpaired) electrons. The molecule has 81 heavy (non-hydrogen) atoms. The highest BCUT2D eigenvalue weighted by Gasteiger charge is 2.20. The maximum absolute atomic E-state index is 12.6. The SMILES string of the molecule is CCCCCCCCCCCCCCCCCCCCCCCCCCC(O)C(CO)NC(=O)CCCCCCCCCCCCCCCCCCCCCCCCCCOC(=O)CCCCCCCCCCCCCCCCCC. The zero-order valence-electron chi connectivity index (χ0n) is 55.6. The fraction of sp³-hybridized carbons (Fsp3) is 0.973. The van der Waals surface area contributed by atoms with Crippen LogP contribution in [0.4, 0.5) is 0 Å². The minimum Gasteiger partial charge on any atom is -0.466 e. The van der Waals surface area contributed by atoms with Crippen LogP contribution in [0.2, 0.25) is 0 Å². The molecule has 2 unspecified atom stereocenters. The Hall–Kier alpha value is -1.14. The van der Waals surface area contributed by atoms with E-state index in [1.165, 1.54) is 372 Å². The minimum atomic E-state index is -0.664. The van der Waals surface area contributed by atoms with E-state index in [0.717, 1.165) is 38.5 Å². The molecule has 484 valence electrons. The van der Waals surface area contributed by atoms with E-state index < -0.39 is 12.1 Å². The predicted octanol–water partition coefficient (Wildman–Crippen LogP) is 24.5. The molecule has 0 aromatic rings. The van der Waals surface area contributed by atoms with Crippen molar-refractivity contribution < 1.29 is 24.5 Å². The number of aliphatic hydroxyl groups is 2. The van der Waals surface area contributed by atoms with Gasteiger partial charge in [-0.3, -0.25) is 9.59 Å². The second kappa shape index (κ2) is 71.3. The van der Waals surface area contributed by atoms with Crippen molar-refractivity contribution in [1.82, 2.24) is 5.32 Å². The zero-order chi connectivity index (χ0) is 58.5. The summed E-state index contributed by atoms with van der Waals surface area (Å²) >= 11 is 0. The van der Waals surface area contributed by atoms with E-state index in [1.54, 1.807) is 0 Å². The fourth-order valence-corrected chi connectivity index (χ4v) is 12.4. The van der Waals surface area contributed by atoms with Crippen LogP contribution in [-0.4, -0.2) is 47.4 Å². The van der Waals surface area contributed by atoms with Gasteiger partial charge in [-0.1, -0.05) is 406 Å². The number of carbonyl (C=O) groups excluding carboxylic acids is 2. The molecule has 0 spiro atoms. The standard InChI is InChI=1S/C75H149NO5/c1-3-5-7-9-11-13-15-17-19-21-22-23-24-27-30-33-36-39-43-47-51-55-59-63-67-73(78)72(71-77)76-74(79)68-64-60-56-52-48-44-40-37-34-31-28-25-26-29-32-35-38-42-46-50-54-58-62-66-70-81-75(80)69-65-61-57-53-49-45-41-20-18-16-14-12-10-8-6-4-2/h72-73,77-78H,3-71H2,1-2H3,(H,76,79). The quantitative estimate of drug-likeness (QED) is 0.0417. The maximum atomic E-state index is 12.6. The predicted molar refractivity (Wildman–Crippen MR) is 357 cm³/mol. The zero-order valence-corrected chi connectivity index (χ0v) is 55.6. The van der Waals surface area contributed by atoms with Gasteiger partial charge in [0.25, 0.3) is 0 Å². The average molecular weight is 1150 g/mol. The van der Waals surface area contributed by atoms with Gasteiger partial charge in [-0.15, -0.1) is 0 Å². The highest BCUT2D eigenvalue weighted by Crippen LogP contribution is 2.20. The highest BCUT2D eigenvalue weighted by molar-refractivity contribution is 5.76. The van der Waals surface area contributed by atoms with Gasteiger partial charge < -0.3 is 20.3 Å². The lowest BCUT2D eigenvalue weighted by molar-refractivity contribution is -0.143. The van der Waals surface area contributed by atoms with Gasteiger partial charge in [0.05, 0.1) is 25.4 Å². The summed E-state index contributed by atoms with van der Waals surface area (Å²) in [6, 6.07) is -0.541. The molecule has 0 rings (SSSR count). The Morgan fingerprint density at radius 3 is 0.753 bits per heavy atom. The summed E-state index contributed by atoms with van der Waals surface area (Å²) in [5.74, 6) is -0.00674. The molecule has 6 nitrogen and oxygen atoms in total. The summed E-state index contributed by atoms with van der Waals surface area (Å²) < 4.78 is 5.51. The normalized spacial score (nSPS) is 12.4. The summed E-state index contributed by atoms with van der Waals surface area (Å²) in [6.45, 7) is 5.01. The van der Waals surface area contributed by atoms with Crippen LogP contribution in [0.3, 0.4) is 0 Å². The topological polar surface area (TPSA) is 95.9 Å². The number of nitrogens with one attached hydrogen (secondary N) is 1. The van der Waals surface area contributed by atoms with Crippen LogP contribution in [0.5, 0.6) is 0 Å². The van der Waals surface area contributed by atoms with Crippen LogP contribution in [-0.2, 0) is 14.3 Å². The van der Waals surface area contributed by atoms with E-state index in [2.05, 4.69) is 19.2 Å². The lowest BCUT2D eigenvalue weighted by Gasteiger charge is -2.22. The Labute approximate surface area is 508 Å². The van der Waals surface area contributed by atoms with Gasteiger partial charge >= 0.3 is 5.97 Å². The first-order chi connectivity index (χ1) is 40.0. The van der Waals surface area contributed by atoms with Crippen molar-refractivity contribution in [2.24, 2.45) is 0 Å². The highest BCUT2D eigenvalue weighted by atomic mass is 16.5. The number of rotatable bonds is 72. The molecule has 0 fully saturated rings. The van der Waals surface area contributed by atoms with E-state index in [9.17, 15) is 19.8 Å². The van der Waals surface area contributed by atoms with Gasteiger partial charge in [-0.05, 0) is 25.7 Å². The van der Waals surface area contributed by atoms with Crippen LogP contribution in [0.25, 0.3) is 0 Å². The Bertz CT molecular complexity index is 1180. The van der Waals surface area contributed by atoms with Crippen molar-refractivity contribution >= 4 is 11.9 Å². The lowest BCUT2D eigenvalue weighted by atomic mass is 10.0. The van der Waals surface area contributed by atoms with Gasteiger partial charge in [0.1, 0.15) is 0 Å². The third-order valence-corrected chi connectivity index (χ3v) is 18.2. The number of esters is 1. The average Bonchev–Trinajstić information content (AvgIpc) is 3.47. The molecule has 3 N–H and O–H groups in total. The molecule has 1 amide bonds. The smallest absolute Gasteiger partial charge is 0.305 e. The first kappa shape index (κ1) is 79.9. The Morgan fingerprint density at radius 1 is 0.296 bits per heavy atom. The molecule has 6 heteroatoms. The monoisotopic (exact) mass is 1140 g/mol. The van der Waals surface area contributed by atoms with Gasteiger partial charge in [0.2, 0.25) is 5.91 Å². The number of amides is 1. The number of carbonyl (C=O) groups is 2. The molecule has 0 aliphatic heterocycles. The van der Waals surface area contributed by atoms with Crippen LogP contribution < -0.4 is 5.32 Å². The third-order valence-electron chi connectivity index (χ3n) is 18.2. The van der Waals surface area contributed by atoms with Crippen LogP contribution in [0.1, 0.15) is 444 Å². The fourth-order valence-electron chi connectivity index (χ4n) is 12.4. The van der Waals surface area contributed by atoms with Crippen molar-refractivity contribution in [3.8, 4) is 0 Å². The van der Waals surface area contributed by atoms with Crippen LogP contribution in [0, 0.1) is 0 Å². The molecule has 0 saturated carbocycles. The summed E-state index contributed by atoms with van der Waals surface area (Å²) in [5.41, 5.74) is 0. The Balaban J connectivity index is 3.35. The molecule has 0 aliphatic carbocycles. The summed E-state index contributed by atoms with van der Waals surface area (Å²) in [4.78, 5) is 24.7. The second-order valence-electron chi connectivity index (χ2n) is 26.4. The second-order valence-corrected chi connectivity index (χ2v) is 26.4. The molecule has 0 bridgehead atoms. The number of aliphatic hydroxyl groups excluding tert-OH is 2. The molecular formula is C75H149NO5. The Morgan fingerprint density at radius 2 is 0.506 bits per heavy atom. The van der Waals surface area contributed by atoms with E-state index in [0.29, 0.717) is 25.9 Å². The first-order valence-corrected chi connectivity index (χ1v) is 37.8. The molecule has 2 atom stereocenters. The summed E-state index contributed by atoms with van der Waals surface area (Å²) in [6.07, 6.45) is 87.4. The van der Waals surface area contributed by atoms with Crippen LogP contribution >= 0.6 is 0 Å². The van der Waals surface area contributed by atoms with E-state index in [-0.39, 0.29) is 18.5 Å². The van der Waals surface area contributed by atoms with E-state index >= 15 is 0 Å². The first-order valence-electron chi connectivity index (χ1n) is 37.8. The van der Waals surface area contributed by atoms with Gasteiger partial charge in [-0.2, -0.15) is 0 Å². The maximum Gasteiger partial charge on any atom is 0.305 e. The van der Waals surface area contributed by atoms with Crippen molar-refractivity contribution in [3.63, 3.8) is 0 Å². The number of hydrogen-bond donors (Lipinski definition) is 3. The van der Waals surface area contributed by atoms with Gasteiger partial charge in [-0.25, -0.2) is 0 Å². The third kappa shape index (κ3) is 67.9. The largest absolute Gasteiger partial charge is 0.466 e. The number of unbranched alkanes of at least 4 members (excludes halogenated alkanes) is 61. The van der Waals surface area contributed by atoms with Crippen molar-refractivity contribution in [2.75, 3.05) is 13.2 Å². The van der Waals surface area contributed by atoms with Gasteiger partial charge in [0.15, 0.2) is 0 Å². The molecule has 0 saturated heterocycles.